The Morgan fingerprint density at radius 2 is 2.21 bits per heavy atom. The molecule has 76 valence electrons. The lowest BCUT2D eigenvalue weighted by Gasteiger charge is -2.07. The summed E-state index contributed by atoms with van der Waals surface area (Å²) < 4.78 is 13.4. The predicted octanol–water partition coefficient (Wildman–Crippen LogP) is 2.44. The summed E-state index contributed by atoms with van der Waals surface area (Å²) in [6.45, 7) is 3.46. The largest absolute Gasteiger partial charge is 0.324 e. The van der Waals surface area contributed by atoms with E-state index >= 15 is 0 Å². The van der Waals surface area contributed by atoms with Crippen molar-refractivity contribution in [2.75, 3.05) is 0 Å². The lowest BCUT2D eigenvalue weighted by molar-refractivity contribution is 0.0987. The van der Waals surface area contributed by atoms with Crippen molar-refractivity contribution in [3.8, 4) is 0 Å². The summed E-state index contributed by atoms with van der Waals surface area (Å²) >= 11 is 0. The van der Waals surface area contributed by atoms with E-state index in [4.69, 9.17) is 5.73 Å². The molecule has 0 saturated heterocycles. The van der Waals surface area contributed by atoms with Crippen LogP contribution in [0.25, 0.3) is 0 Å². The number of benzene rings is 1. The number of hydrogen-bond donors (Lipinski definition) is 1. The van der Waals surface area contributed by atoms with Crippen molar-refractivity contribution < 1.29 is 9.18 Å². The molecule has 1 rings (SSSR count). The summed E-state index contributed by atoms with van der Waals surface area (Å²) in [4.78, 5) is 11.2. The molecule has 2 N–H and O–H groups in total. The fourth-order valence-electron chi connectivity index (χ4n) is 1.27. The zero-order valence-corrected chi connectivity index (χ0v) is 8.38. The summed E-state index contributed by atoms with van der Waals surface area (Å²) in [6.07, 6.45) is 0.386. The van der Waals surface area contributed by atoms with Crippen molar-refractivity contribution in [3.05, 3.63) is 35.1 Å². The number of halogens is 1. The first-order valence-corrected chi connectivity index (χ1v) is 4.64. The van der Waals surface area contributed by atoms with Crippen molar-refractivity contribution in [2.24, 2.45) is 5.73 Å². The average molecular weight is 195 g/mol. The molecular formula is C11H14FNO. The highest BCUT2D eigenvalue weighted by Gasteiger charge is 2.10. The van der Waals surface area contributed by atoms with Gasteiger partial charge < -0.3 is 5.73 Å². The van der Waals surface area contributed by atoms with Gasteiger partial charge in [0.15, 0.2) is 5.78 Å². The molecule has 1 aromatic carbocycles. The van der Waals surface area contributed by atoms with Crippen molar-refractivity contribution in [2.45, 2.75) is 26.3 Å². The smallest absolute Gasteiger partial charge is 0.162 e. The van der Waals surface area contributed by atoms with Crippen molar-refractivity contribution in [1.29, 1.82) is 0 Å². The minimum Gasteiger partial charge on any atom is -0.324 e. The quantitative estimate of drug-likeness (QED) is 0.753. The van der Waals surface area contributed by atoms with Crippen LogP contribution < -0.4 is 5.73 Å². The molecule has 0 aliphatic heterocycles. The van der Waals surface area contributed by atoms with Gasteiger partial charge in [0, 0.05) is 23.6 Å². The van der Waals surface area contributed by atoms with Gasteiger partial charge in [-0.3, -0.25) is 4.79 Å². The molecule has 0 fully saturated rings. The Morgan fingerprint density at radius 1 is 1.57 bits per heavy atom. The third kappa shape index (κ3) is 2.17. The number of ketones is 1. The van der Waals surface area contributed by atoms with E-state index in [1.54, 1.807) is 26.0 Å². The Balaban J connectivity index is 3.06. The van der Waals surface area contributed by atoms with E-state index in [2.05, 4.69) is 0 Å². The zero-order chi connectivity index (χ0) is 10.7. The van der Waals surface area contributed by atoms with Gasteiger partial charge in [-0.1, -0.05) is 19.1 Å². The first-order chi connectivity index (χ1) is 6.56. The maximum absolute atomic E-state index is 13.4. The third-order valence-corrected chi connectivity index (χ3v) is 2.13. The van der Waals surface area contributed by atoms with E-state index in [0.29, 0.717) is 17.5 Å². The van der Waals surface area contributed by atoms with Crippen LogP contribution >= 0.6 is 0 Å². The summed E-state index contributed by atoms with van der Waals surface area (Å²) in [5.74, 6) is -0.459. The molecule has 2 nitrogen and oxygen atoms in total. The molecule has 0 amide bonds. The lowest BCUT2D eigenvalue weighted by atomic mass is 10.0. The molecule has 1 atom stereocenters. The van der Waals surface area contributed by atoms with E-state index in [-0.39, 0.29) is 11.8 Å². The van der Waals surface area contributed by atoms with Crippen LogP contribution in [-0.2, 0) is 0 Å². The Hall–Kier alpha value is -1.22. The van der Waals surface area contributed by atoms with Gasteiger partial charge in [0.25, 0.3) is 0 Å². The SMILES string of the molecule is CCC(=O)c1ccc(C(C)N)c(F)c1. The lowest BCUT2D eigenvalue weighted by Crippen LogP contribution is -2.08. The number of carbonyl (C=O) groups is 1. The van der Waals surface area contributed by atoms with Crippen LogP contribution in [0.4, 0.5) is 4.39 Å². The molecule has 0 aliphatic carbocycles. The Labute approximate surface area is 82.9 Å². The molecule has 0 saturated carbocycles. The topological polar surface area (TPSA) is 43.1 Å². The number of nitrogens with two attached hydrogens (primary N) is 1. The fourth-order valence-corrected chi connectivity index (χ4v) is 1.27. The highest BCUT2D eigenvalue weighted by molar-refractivity contribution is 5.95. The molecule has 1 aromatic rings. The highest BCUT2D eigenvalue weighted by Crippen LogP contribution is 2.16. The summed E-state index contributed by atoms with van der Waals surface area (Å²) in [5.41, 5.74) is 6.40. The summed E-state index contributed by atoms with van der Waals surface area (Å²) in [5, 5.41) is 0. The number of carbonyl (C=O) groups excluding carboxylic acids is 1. The molecule has 0 aromatic heterocycles. The van der Waals surface area contributed by atoms with Crippen LogP contribution in [0.1, 0.15) is 42.2 Å². The average Bonchev–Trinajstić information content (AvgIpc) is 2.15. The standard InChI is InChI=1S/C11H14FNO/c1-3-11(14)8-4-5-9(7(2)13)10(12)6-8/h4-7H,3,13H2,1-2H3. The second-order valence-electron chi connectivity index (χ2n) is 3.30. The van der Waals surface area contributed by atoms with E-state index in [1.165, 1.54) is 6.07 Å². The minimum atomic E-state index is -0.403. The minimum absolute atomic E-state index is 0.0554. The van der Waals surface area contributed by atoms with Gasteiger partial charge in [-0.15, -0.1) is 0 Å². The van der Waals surface area contributed by atoms with Crippen molar-refractivity contribution in [3.63, 3.8) is 0 Å². The number of rotatable bonds is 3. The Bertz CT molecular complexity index is 347. The fraction of sp³-hybridized carbons (Fsp3) is 0.364. The van der Waals surface area contributed by atoms with E-state index in [9.17, 15) is 9.18 Å². The van der Waals surface area contributed by atoms with Crippen LogP contribution in [0.15, 0.2) is 18.2 Å². The molecule has 3 heteroatoms. The third-order valence-electron chi connectivity index (χ3n) is 2.13. The first-order valence-electron chi connectivity index (χ1n) is 4.64. The second-order valence-corrected chi connectivity index (χ2v) is 3.30. The van der Waals surface area contributed by atoms with E-state index in [1.807, 2.05) is 0 Å². The van der Waals surface area contributed by atoms with Gasteiger partial charge in [-0.05, 0) is 13.0 Å². The molecular weight excluding hydrogens is 181 g/mol. The van der Waals surface area contributed by atoms with Gasteiger partial charge in [0.05, 0.1) is 0 Å². The van der Waals surface area contributed by atoms with Gasteiger partial charge >= 0.3 is 0 Å². The molecule has 0 aliphatic rings. The van der Waals surface area contributed by atoms with Crippen LogP contribution in [0.5, 0.6) is 0 Å². The Kier molecular flexibility index (Phi) is 3.36. The predicted molar refractivity (Wildman–Crippen MR) is 53.6 cm³/mol. The maximum atomic E-state index is 13.4. The van der Waals surface area contributed by atoms with Crippen LogP contribution in [0.2, 0.25) is 0 Å². The van der Waals surface area contributed by atoms with Crippen LogP contribution in [-0.4, -0.2) is 5.78 Å². The van der Waals surface area contributed by atoms with E-state index < -0.39 is 5.82 Å². The number of Topliss-reactive ketones (excluding diaryl/α,β-unsaturated/α-hetero) is 1. The maximum Gasteiger partial charge on any atom is 0.162 e. The van der Waals surface area contributed by atoms with E-state index in [0.717, 1.165) is 0 Å². The monoisotopic (exact) mass is 195 g/mol. The molecule has 14 heavy (non-hydrogen) atoms. The van der Waals surface area contributed by atoms with Crippen molar-refractivity contribution in [1.82, 2.24) is 0 Å². The molecule has 0 heterocycles. The van der Waals surface area contributed by atoms with Gasteiger partial charge in [0.1, 0.15) is 5.82 Å². The van der Waals surface area contributed by atoms with Crippen LogP contribution in [0, 0.1) is 5.82 Å². The van der Waals surface area contributed by atoms with Gasteiger partial charge in [0.2, 0.25) is 0 Å². The summed E-state index contributed by atoms with van der Waals surface area (Å²) in [7, 11) is 0. The van der Waals surface area contributed by atoms with Gasteiger partial charge in [-0.2, -0.15) is 0 Å². The van der Waals surface area contributed by atoms with Crippen molar-refractivity contribution >= 4 is 5.78 Å². The molecule has 0 radical (unpaired) electrons. The van der Waals surface area contributed by atoms with Gasteiger partial charge in [-0.25, -0.2) is 4.39 Å². The molecule has 1 unspecified atom stereocenters. The highest BCUT2D eigenvalue weighted by atomic mass is 19.1. The van der Waals surface area contributed by atoms with Crippen LogP contribution in [0.3, 0.4) is 0 Å². The number of hydrogen-bond acceptors (Lipinski definition) is 2. The molecule has 0 spiro atoms. The Morgan fingerprint density at radius 3 is 2.64 bits per heavy atom. The first kappa shape index (κ1) is 10.9. The second kappa shape index (κ2) is 4.33. The zero-order valence-electron chi connectivity index (χ0n) is 8.38. The molecule has 0 bridgehead atoms. The summed E-state index contributed by atoms with van der Waals surface area (Å²) in [6, 6.07) is 4.10. The normalized spacial score (nSPS) is 12.6.